The zero-order valence-corrected chi connectivity index (χ0v) is 16.1. The van der Waals surface area contributed by atoms with E-state index in [4.69, 9.17) is 15.9 Å². The molecule has 27 heavy (non-hydrogen) atoms. The zero-order chi connectivity index (χ0) is 19.1. The lowest BCUT2D eigenvalue weighted by Crippen LogP contribution is -2.29. The fourth-order valence-corrected chi connectivity index (χ4v) is 3.93. The van der Waals surface area contributed by atoms with Crippen LogP contribution in [-0.2, 0) is 4.74 Å². The minimum absolute atomic E-state index is 0.349. The summed E-state index contributed by atoms with van der Waals surface area (Å²) in [6, 6.07) is 0.370. The van der Waals surface area contributed by atoms with Gasteiger partial charge in [0, 0.05) is 25.5 Å². The first-order valence-electron chi connectivity index (χ1n) is 9.97. The van der Waals surface area contributed by atoms with Crippen molar-refractivity contribution >= 4 is 17.9 Å². The van der Waals surface area contributed by atoms with Crippen molar-refractivity contribution < 1.29 is 4.74 Å². The van der Waals surface area contributed by atoms with Crippen LogP contribution in [0, 0.1) is 23.2 Å². The number of allylic oxidation sites excluding steroid dienone is 4. The van der Waals surface area contributed by atoms with Gasteiger partial charge in [0.25, 0.3) is 0 Å². The van der Waals surface area contributed by atoms with Crippen LogP contribution in [-0.4, -0.2) is 35.4 Å². The lowest BCUT2D eigenvalue weighted by Gasteiger charge is -2.30. The Labute approximate surface area is 161 Å². The smallest absolute Gasteiger partial charge is 0.140 e. The molecule has 1 aromatic rings. The second kappa shape index (κ2) is 9.65. The van der Waals surface area contributed by atoms with E-state index in [2.05, 4.69) is 46.5 Å². The highest BCUT2D eigenvalue weighted by Gasteiger charge is 2.23. The molecule has 0 saturated heterocycles. The number of aromatic nitrogens is 2. The summed E-state index contributed by atoms with van der Waals surface area (Å²) in [5.41, 5.74) is 6.40. The molecule has 1 aromatic heterocycles. The van der Waals surface area contributed by atoms with Gasteiger partial charge in [-0.05, 0) is 49.9 Å². The van der Waals surface area contributed by atoms with Crippen molar-refractivity contribution in [3.8, 4) is 0 Å². The van der Waals surface area contributed by atoms with Crippen LogP contribution in [0.15, 0.2) is 30.6 Å². The van der Waals surface area contributed by atoms with Crippen molar-refractivity contribution in [2.45, 2.75) is 45.1 Å². The Hall–Kier alpha value is -2.21. The number of anilines is 2. The van der Waals surface area contributed by atoms with E-state index in [1.54, 1.807) is 0 Å². The molecular formula is C21H31N5O. The van der Waals surface area contributed by atoms with Gasteiger partial charge < -0.3 is 21.2 Å². The van der Waals surface area contributed by atoms with Gasteiger partial charge in [0.2, 0.25) is 0 Å². The van der Waals surface area contributed by atoms with Gasteiger partial charge in [0.05, 0.1) is 5.56 Å². The number of rotatable bonds is 8. The van der Waals surface area contributed by atoms with Gasteiger partial charge in [0.15, 0.2) is 0 Å². The first-order chi connectivity index (χ1) is 13.2. The summed E-state index contributed by atoms with van der Waals surface area (Å²) in [6.07, 6.45) is 17.1. The van der Waals surface area contributed by atoms with Crippen molar-refractivity contribution in [3.63, 3.8) is 0 Å². The summed E-state index contributed by atoms with van der Waals surface area (Å²) in [4.78, 5) is 8.19. The normalized spacial score (nSPS) is 27.4. The summed E-state index contributed by atoms with van der Waals surface area (Å²) in [5.74, 6) is 2.88. The van der Waals surface area contributed by atoms with Gasteiger partial charge >= 0.3 is 0 Å². The molecule has 0 spiro atoms. The third-order valence-electron chi connectivity index (χ3n) is 5.76. The van der Waals surface area contributed by atoms with Crippen molar-refractivity contribution in [1.29, 1.82) is 5.41 Å². The van der Waals surface area contributed by atoms with Gasteiger partial charge in [-0.3, -0.25) is 0 Å². The van der Waals surface area contributed by atoms with E-state index < -0.39 is 0 Å². The standard InChI is InChI=1S/C21H31N5O/c1-15-4-2-3-5-17(15)10-11-27-13-16-6-8-18(9-7-16)26-21-19(12-22)20(23)24-14-25-21/h2-5,12,14-18,22H,6-11,13H2,1H3,(H3,23,24,25,26). The lowest BCUT2D eigenvalue weighted by molar-refractivity contribution is 0.0753. The Morgan fingerprint density at radius 3 is 2.74 bits per heavy atom. The summed E-state index contributed by atoms with van der Waals surface area (Å²) in [7, 11) is 0. The molecule has 0 bridgehead atoms. The van der Waals surface area contributed by atoms with Crippen LogP contribution in [0.5, 0.6) is 0 Å². The molecule has 6 heteroatoms. The van der Waals surface area contributed by atoms with Crippen molar-refractivity contribution in [1.82, 2.24) is 9.97 Å². The molecule has 146 valence electrons. The molecule has 0 aliphatic heterocycles. The summed E-state index contributed by atoms with van der Waals surface area (Å²) < 4.78 is 5.98. The number of ether oxygens (including phenoxy) is 1. The van der Waals surface area contributed by atoms with Crippen molar-refractivity contribution in [2.75, 3.05) is 24.3 Å². The van der Waals surface area contributed by atoms with Gasteiger partial charge in [-0.1, -0.05) is 31.2 Å². The van der Waals surface area contributed by atoms with Crippen LogP contribution in [0.2, 0.25) is 0 Å². The molecule has 0 aromatic carbocycles. The van der Waals surface area contributed by atoms with Crippen molar-refractivity contribution in [3.05, 3.63) is 36.2 Å². The number of nitrogen functional groups attached to an aromatic ring is 1. The largest absolute Gasteiger partial charge is 0.383 e. The number of hydrogen-bond acceptors (Lipinski definition) is 6. The van der Waals surface area contributed by atoms with E-state index >= 15 is 0 Å². The van der Waals surface area contributed by atoms with Crippen molar-refractivity contribution in [2.24, 2.45) is 17.8 Å². The van der Waals surface area contributed by atoms with Gasteiger partial charge in [0.1, 0.15) is 18.0 Å². The van der Waals surface area contributed by atoms with E-state index in [1.165, 1.54) is 12.5 Å². The monoisotopic (exact) mass is 369 g/mol. The first-order valence-corrected chi connectivity index (χ1v) is 9.97. The molecule has 1 heterocycles. The van der Waals surface area contributed by atoms with E-state index in [1.807, 2.05) is 0 Å². The highest BCUT2D eigenvalue weighted by molar-refractivity contribution is 5.89. The number of hydrogen-bond donors (Lipinski definition) is 3. The molecule has 4 N–H and O–H groups in total. The van der Waals surface area contributed by atoms with Crippen LogP contribution in [0.25, 0.3) is 0 Å². The number of nitrogens with two attached hydrogens (primary N) is 1. The minimum Gasteiger partial charge on any atom is -0.383 e. The number of nitrogens with zero attached hydrogens (tertiary/aromatic N) is 2. The molecule has 2 unspecified atom stereocenters. The predicted molar refractivity (Wildman–Crippen MR) is 110 cm³/mol. The summed E-state index contributed by atoms with van der Waals surface area (Å²) in [5, 5.41) is 10.9. The maximum Gasteiger partial charge on any atom is 0.140 e. The van der Waals surface area contributed by atoms with E-state index in [0.29, 0.717) is 41.0 Å². The van der Waals surface area contributed by atoms with Crippen LogP contribution < -0.4 is 11.1 Å². The Bertz CT molecular complexity index is 679. The van der Waals surface area contributed by atoms with Crippen LogP contribution in [0.4, 0.5) is 11.6 Å². The second-order valence-electron chi connectivity index (χ2n) is 7.68. The van der Waals surface area contributed by atoms with Crippen LogP contribution in [0.1, 0.15) is 44.6 Å². The second-order valence-corrected chi connectivity index (χ2v) is 7.68. The fourth-order valence-electron chi connectivity index (χ4n) is 3.93. The predicted octanol–water partition coefficient (Wildman–Crippen LogP) is 3.81. The molecule has 1 fully saturated rings. The summed E-state index contributed by atoms with van der Waals surface area (Å²) >= 11 is 0. The van der Waals surface area contributed by atoms with Gasteiger partial charge in [-0.25, -0.2) is 9.97 Å². The van der Waals surface area contributed by atoms with Crippen LogP contribution >= 0.6 is 0 Å². The highest BCUT2D eigenvalue weighted by Crippen LogP contribution is 2.28. The molecule has 6 nitrogen and oxygen atoms in total. The first kappa shape index (κ1) is 19.5. The van der Waals surface area contributed by atoms with Gasteiger partial charge in [-0.2, -0.15) is 0 Å². The molecule has 2 atom stereocenters. The van der Waals surface area contributed by atoms with E-state index in [-0.39, 0.29) is 0 Å². The zero-order valence-electron chi connectivity index (χ0n) is 16.1. The Kier molecular flexibility index (Phi) is 6.98. The third kappa shape index (κ3) is 5.39. The molecule has 2 aliphatic rings. The fraction of sp³-hybridized carbons (Fsp3) is 0.571. The Morgan fingerprint density at radius 2 is 2.00 bits per heavy atom. The third-order valence-corrected chi connectivity index (χ3v) is 5.76. The molecule has 2 aliphatic carbocycles. The quantitative estimate of drug-likeness (QED) is 0.478. The molecule has 0 radical (unpaired) electrons. The maximum atomic E-state index is 7.51. The Balaban J connectivity index is 1.36. The van der Waals surface area contributed by atoms with E-state index in [0.717, 1.165) is 45.3 Å². The highest BCUT2D eigenvalue weighted by atomic mass is 16.5. The minimum atomic E-state index is 0.349. The average molecular weight is 370 g/mol. The number of nitrogens with one attached hydrogen (secondary N) is 2. The molecule has 3 rings (SSSR count). The average Bonchev–Trinajstić information content (AvgIpc) is 2.68. The molecule has 0 amide bonds. The van der Waals surface area contributed by atoms with Gasteiger partial charge in [-0.15, -0.1) is 0 Å². The molecule has 1 saturated carbocycles. The van der Waals surface area contributed by atoms with E-state index in [9.17, 15) is 0 Å². The topological polar surface area (TPSA) is 96.9 Å². The maximum absolute atomic E-state index is 7.51. The van der Waals surface area contributed by atoms with Crippen LogP contribution in [0.3, 0.4) is 0 Å². The SMILES string of the molecule is CC1C=CC=CC1CCOCC1CCC(Nc2ncnc(N)c2C=N)CC1. The molecular weight excluding hydrogens is 338 g/mol. The summed E-state index contributed by atoms with van der Waals surface area (Å²) in [6.45, 7) is 3.97. The Morgan fingerprint density at radius 1 is 1.22 bits per heavy atom. The lowest BCUT2D eigenvalue weighted by atomic mass is 9.86.